The van der Waals surface area contributed by atoms with Crippen molar-refractivity contribution in [3.05, 3.63) is 42.5 Å². The van der Waals surface area contributed by atoms with Gasteiger partial charge in [-0.05, 0) is 12.1 Å². The molecule has 3 aromatic rings. The van der Waals surface area contributed by atoms with E-state index in [1.807, 2.05) is 24.3 Å². The molecule has 0 aliphatic carbocycles. The van der Waals surface area contributed by atoms with Gasteiger partial charge in [0.2, 0.25) is 11.6 Å². The van der Waals surface area contributed by atoms with Gasteiger partial charge in [0.05, 0.1) is 11.0 Å². The second-order valence-electron chi connectivity index (χ2n) is 4.21. The molecule has 100 valence electrons. The Bertz CT molecular complexity index is 823. The average molecular weight is 268 g/mol. The molecule has 1 amide bonds. The number of hydrogen-bond donors (Lipinski definition) is 2. The summed E-state index contributed by atoms with van der Waals surface area (Å²) in [7, 11) is 0. The van der Waals surface area contributed by atoms with Gasteiger partial charge >= 0.3 is 0 Å². The Hall–Kier alpha value is -2.89. The molecule has 0 saturated carbocycles. The van der Waals surface area contributed by atoms with Crippen LogP contribution in [0.4, 0.5) is 5.88 Å². The van der Waals surface area contributed by atoms with Crippen LogP contribution in [-0.4, -0.2) is 22.4 Å². The highest BCUT2D eigenvalue weighted by Gasteiger charge is 2.21. The number of aromatic nitrogens is 2. The van der Waals surface area contributed by atoms with E-state index in [4.69, 9.17) is 10.2 Å². The summed E-state index contributed by atoms with van der Waals surface area (Å²) in [5.41, 5.74) is 7.95. The van der Waals surface area contributed by atoms with Crippen molar-refractivity contribution in [2.75, 3.05) is 12.3 Å². The highest BCUT2D eigenvalue weighted by Crippen LogP contribution is 2.26. The van der Waals surface area contributed by atoms with Gasteiger partial charge in [0.25, 0.3) is 5.91 Å². The number of rotatable bonds is 3. The molecule has 0 unspecified atom stereocenters. The summed E-state index contributed by atoms with van der Waals surface area (Å²) in [6, 6.07) is 7.34. The Labute approximate surface area is 114 Å². The molecule has 6 heteroatoms. The molecule has 20 heavy (non-hydrogen) atoms. The molecule has 1 aromatic carbocycles. The molecule has 0 spiro atoms. The van der Waals surface area contributed by atoms with E-state index < -0.39 is 0 Å². The lowest BCUT2D eigenvalue weighted by Crippen LogP contribution is -2.23. The summed E-state index contributed by atoms with van der Waals surface area (Å²) in [5.74, 6) is -0.345. The molecule has 0 saturated heterocycles. The highest BCUT2D eigenvalue weighted by molar-refractivity contribution is 6.09. The number of benzene rings is 1. The molecule has 0 atom stereocenters. The Morgan fingerprint density at radius 1 is 1.35 bits per heavy atom. The maximum Gasteiger partial charge on any atom is 0.259 e. The summed E-state index contributed by atoms with van der Waals surface area (Å²) in [6.07, 6.45) is 1.58. The van der Waals surface area contributed by atoms with Crippen LogP contribution in [0.3, 0.4) is 0 Å². The van der Waals surface area contributed by atoms with Crippen LogP contribution in [0.5, 0.6) is 0 Å². The minimum absolute atomic E-state index is 0.0110. The van der Waals surface area contributed by atoms with E-state index >= 15 is 0 Å². The van der Waals surface area contributed by atoms with Gasteiger partial charge in [0, 0.05) is 6.54 Å². The summed E-state index contributed by atoms with van der Waals surface area (Å²) in [6.45, 7) is 3.88. The number of amides is 1. The molecule has 2 aromatic heterocycles. The van der Waals surface area contributed by atoms with Crippen molar-refractivity contribution in [1.82, 2.24) is 15.3 Å². The number of para-hydroxylation sites is 2. The second-order valence-corrected chi connectivity index (χ2v) is 4.21. The van der Waals surface area contributed by atoms with E-state index in [0.29, 0.717) is 23.1 Å². The van der Waals surface area contributed by atoms with E-state index in [2.05, 4.69) is 21.9 Å². The molecule has 0 radical (unpaired) electrons. The predicted octanol–water partition coefficient (Wildman–Crippen LogP) is 1.87. The fourth-order valence-electron chi connectivity index (χ4n) is 1.96. The smallest absolute Gasteiger partial charge is 0.259 e. The van der Waals surface area contributed by atoms with E-state index in [-0.39, 0.29) is 23.1 Å². The average Bonchev–Trinajstić information content (AvgIpc) is 2.77. The van der Waals surface area contributed by atoms with Crippen LogP contribution < -0.4 is 11.1 Å². The predicted molar refractivity (Wildman–Crippen MR) is 76.3 cm³/mol. The lowest BCUT2D eigenvalue weighted by atomic mass is 10.2. The van der Waals surface area contributed by atoms with Crippen molar-refractivity contribution in [2.24, 2.45) is 0 Å². The standard InChI is InChI=1S/C14H12N4O2/c1-2-7-16-13(19)10-11-14(20-12(10)15)18-9-6-4-3-5-8(9)17-11/h2-6H,1,7,15H2,(H,16,19). The number of hydrogen-bond acceptors (Lipinski definition) is 5. The van der Waals surface area contributed by atoms with Gasteiger partial charge in [-0.25, -0.2) is 9.97 Å². The fraction of sp³-hybridized carbons (Fsp3) is 0.0714. The van der Waals surface area contributed by atoms with Crippen LogP contribution in [0.1, 0.15) is 10.4 Å². The first-order valence-corrected chi connectivity index (χ1v) is 6.04. The third-order valence-corrected chi connectivity index (χ3v) is 2.86. The molecule has 0 fully saturated rings. The molecule has 3 N–H and O–H groups in total. The van der Waals surface area contributed by atoms with Gasteiger partial charge in [-0.15, -0.1) is 6.58 Å². The minimum atomic E-state index is -0.356. The summed E-state index contributed by atoms with van der Waals surface area (Å²) < 4.78 is 5.33. The third kappa shape index (κ3) is 1.87. The molecule has 0 bridgehead atoms. The van der Waals surface area contributed by atoms with Gasteiger partial charge < -0.3 is 15.5 Å². The normalized spacial score (nSPS) is 10.8. The number of carbonyl (C=O) groups is 1. The zero-order valence-electron chi connectivity index (χ0n) is 10.6. The number of nitrogens with zero attached hydrogens (tertiary/aromatic N) is 2. The molecule has 2 heterocycles. The Kier molecular flexibility index (Phi) is 2.83. The third-order valence-electron chi connectivity index (χ3n) is 2.86. The summed E-state index contributed by atoms with van der Waals surface area (Å²) in [5, 5.41) is 2.65. The lowest BCUT2D eigenvalue weighted by Gasteiger charge is -2.00. The van der Waals surface area contributed by atoms with Crippen LogP contribution >= 0.6 is 0 Å². The number of carbonyl (C=O) groups excluding carboxylic acids is 1. The summed E-state index contributed by atoms with van der Waals surface area (Å²) >= 11 is 0. The quantitative estimate of drug-likeness (QED) is 0.707. The molecular formula is C14H12N4O2. The Morgan fingerprint density at radius 2 is 2.05 bits per heavy atom. The SMILES string of the molecule is C=CCNC(=O)c1c(N)oc2nc3ccccc3nc12. The van der Waals surface area contributed by atoms with Crippen LogP contribution in [0.25, 0.3) is 22.3 Å². The van der Waals surface area contributed by atoms with E-state index in [1.54, 1.807) is 6.08 Å². The molecule has 0 aliphatic heterocycles. The van der Waals surface area contributed by atoms with Crippen LogP contribution in [0.15, 0.2) is 41.3 Å². The van der Waals surface area contributed by atoms with Crippen LogP contribution in [-0.2, 0) is 0 Å². The molecular weight excluding hydrogens is 256 g/mol. The van der Waals surface area contributed by atoms with Crippen LogP contribution in [0, 0.1) is 0 Å². The van der Waals surface area contributed by atoms with E-state index in [1.165, 1.54) is 0 Å². The van der Waals surface area contributed by atoms with Crippen molar-refractivity contribution in [1.29, 1.82) is 0 Å². The lowest BCUT2D eigenvalue weighted by molar-refractivity contribution is 0.0960. The first-order valence-electron chi connectivity index (χ1n) is 6.04. The molecule has 6 nitrogen and oxygen atoms in total. The Morgan fingerprint density at radius 3 is 2.75 bits per heavy atom. The topological polar surface area (TPSA) is 94.0 Å². The van der Waals surface area contributed by atoms with E-state index in [0.717, 1.165) is 0 Å². The van der Waals surface area contributed by atoms with E-state index in [9.17, 15) is 4.79 Å². The molecule has 3 rings (SSSR count). The van der Waals surface area contributed by atoms with Crippen molar-refractivity contribution in [3.8, 4) is 0 Å². The number of anilines is 1. The highest BCUT2D eigenvalue weighted by atomic mass is 16.4. The second kappa shape index (κ2) is 4.65. The maximum atomic E-state index is 12.1. The van der Waals surface area contributed by atoms with Crippen molar-refractivity contribution < 1.29 is 9.21 Å². The number of fused-ring (bicyclic) bond motifs is 2. The monoisotopic (exact) mass is 268 g/mol. The van der Waals surface area contributed by atoms with Crippen molar-refractivity contribution >= 4 is 34.1 Å². The number of nitrogens with two attached hydrogens (primary N) is 1. The van der Waals surface area contributed by atoms with Gasteiger partial charge in [-0.3, -0.25) is 4.79 Å². The zero-order valence-corrected chi connectivity index (χ0v) is 10.6. The number of nitrogens with one attached hydrogen (secondary N) is 1. The number of nitrogen functional groups attached to an aromatic ring is 1. The number of furan rings is 1. The van der Waals surface area contributed by atoms with Gasteiger partial charge in [0.1, 0.15) is 11.1 Å². The largest absolute Gasteiger partial charge is 0.420 e. The van der Waals surface area contributed by atoms with Crippen molar-refractivity contribution in [2.45, 2.75) is 0 Å². The summed E-state index contributed by atoms with van der Waals surface area (Å²) in [4.78, 5) is 20.8. The zero-order chi connectivity index (χ0) is 14.1. The van der Waals surface area contributed by atoms with Gasteiger partial charge in [-0.2, -0.15) is 0 Å². The molecule has 0 aliphatic rings. The minimum Gasteiger partial charge on any atom is -0.420 e. The first-order chi connectivity index (χ1) is 9.70. The van der Waals surface area contributed by atoms with Crippen LogP contribution in [0.2, 0.25) is 0 Å². The fourth-order valence-corrected chi connectivity index (χ4v) is 1.96. The van der Waals surface area contributed by atoms with Gasteiger partial charge in [0.15, 0.2) is 0 Å². The maximum absolute atomic E-state index is 12.1. The van der Waals surface area contributed by atoms with Gasteiger partial charge in [-0.1, -0.05) is 18.2 Å². The Balaban J connectivity index is 2.21. The van der Waals surface area contributed by atoms with Crippen molar-refractivity contribution in [3.63, 3.8) is 0 Å². The first kappa shape index (κ1) is 12.2.